The highest BCUT2D eigenvalue weighted by Crippen LogP contribution is 2.53. The lowest BCUT2D eigenvalue weighted by Crippen LogP contribution is -1.88. The molecule has 0 saturated heterocycles. The summed E-state index contributed by atoms with van der Waals surface area (Å²) in [5.74, 6) is 0.875. The molecule has 0 saturated carbocycles. The molecule has 0 fully saturated rings. The summed E-state index contributed by atoms with van der Waals surface area (Å²) in [6.45, 7) is 13.7. The number of hydrogen-bond acceptors (Lipinski definition) is 0. The van der Waals surface area contributed by atoms with E-state index in [1.54, 1.807) is 0 Å². The molecular weight excluding hydrogens is 629 g/mol. The molecule has 4 heterocycles. The van der Waals surface area contributed by atoms with Crippen LogP contribution in [-0.2, 0) is 0 Å². The first kappa shape index (κ1) is 29.8. The Balaban J connectivity index is 1.44. The second kappa shape index (κ2) is 10.4. The number of hydrogen-bond donors (Lipinski definition) is 0. The summed E-state index contributed by atoms with van der Waals surface area (Å²) in [6.07, 6.45) is 0. The number of rotatable bonds is 4. The van der Waals surface area contributed by atoms with Crippen LogP contribution in [0.5, 0.6) is 0 Å². The molecule has 52 heavy (non-hydrogen) atoms. The lowest BCUT2D eigenvalue weighted by molar-refractivity contribution is 0.868. The van der Waals surface area contributed by atoms with E-state index in [1.807, 2.05) is 0 Å². The van der Waals surface area contributed by atoms with Crippen LogP contribution >= 0.6 is 0 Å². The Labute approximate surface area is 303 Å². The van der Waals surface area contributed by atoms with Gasteiger partial charge in [0.1, 0.15) is 0 Å². The third-order valence-corrected chi connectivity index (χ3v) is 12.2. The molecule has 2 heteroatoms. The summed E-state index contributed by atoms with van der Waals surface area (Å²) in [5.41, 5.74) is 18.3. The first-order chi connectivity index (χ1) is 25.3. The molecule has 250 valence electrons. The van der Waals surface area contributed by atoms with Crippen molar-refractivity contribution in [2.24, 2.45) is 0 Å². The Hall–Kier alpha value is -5.86. The number of benzene rings is 7. The van der Waals surface area contributed by atoms with Gasteiger partial charge >= 0.3 is 0 Å². The molecule has 0 atom stereocenters. The van der Waals surface area contributed by atoms with E-state index in [2.05, 4.69) is 172 Å². The SMILES string of the molecule is Cc1ccccc1-c1ccc2c(c1)c1c3c4cc(C(C)C)ccc4n4c5ccc(-c6ccccc6C)cc5c(c5c6cc(C(C)C)ccc6n2c15)c34. The van der Waals surface area contributed by atoms with E-state index in [9.17, 15) is 0 Å². The quantitative estimate of drug-likeness (QED) is 0.176. The summed E-state index contributed by atoms with van der Waals surface area (Å²) in [5, 5.41) is 10.9. The molecule has 0 N–H and O–H groups in total. The van der Waals surface area contributed by atoms with Crippen molar-refractivity contribution in [2.75, 3.05) is 0 Å². The minimum atomic E-state index is 0.437. The van der Waals surface area contributed by atoms with Gasteiger partial charge in [0, 0.05) is 43.1 Å². The standard InChI is InChI=1S/C50H40N2/c1-27(2)31-15-19-41-37(23-31)45-47-39-25-33(35-13-9-7-11-29(35)5)18-22-44(39)52-42-20-16-32(28(3)4)24-38(42)46(50(47)52)48-40-26-34(36-14-10-8-12-30(36)6)17-21-43(40)51(41)49(45)48/h7-28H,1-6H3. The minimum absolute atomic E-state index is 0.437. The van der Waals surface area contributed by atoms with Crippen molar-refractivity contribution in [1.29, 1.82) is 0 Å². The van der Waals surface area contributed by atoms with Gasteiger partial charge in [-0.15, -0.1) is 0 Å². The van der Waals surface area contributed by atoms with Crippen LogP contribution in [-0.4, -0.2) is 8.80 Å². The molecule has 0 unspecified atom stereocenters. The van der Waals surface area contributed by atoms with Gasteiger partial charge in [0.15, 0.2) is 0 Å². The molecule has 0 radical (unpaired) electrons. The van der Waals surface area contributed by atoms with Gasteiger partial charge in [-0.05, 0) is 119 Å². The Morgan fingerprint density at radius 3 is 1.10 bits per heavy atom. The molecule has 2 nitrogen and oxygen atoms in total. The maximum Gasteiger partial charge on any atom is 0.0634 e. The Bertz CT molecular complexity index is 3030. The van der Waals surface area contributed by atoms with E-state index >= 15 is 0 Å². The van der Waals surface area contributed by atoms with Crippen LogP contribution in [0.1, 0.15) is 61.8 Å². The first-order valence-corrected chi connectivity index (χ1v) is 18.8. The van der Waals surface area contributed by atoms with E-state index in [4.69, 9.17) is 0 Å². The molecule has 0 spiro atoms. The van der Waals surface area contributed by atoms with Crippen molar-refractivity contribution >= 4 is 76.2 Å². The van der Waals surface area contributed by atoms with Crippen molar-refractivity contribution in [1.82, 2.24) is 8.80 Å². The highest BCUT2D eigenvalue weighted by Gasteiger charge is 2.29. The van der Waals surface area contributed by atoms with Crippen LogP contribution in [0.2, 0.25) is 0 Å². The molecule has 11 aromatic rings. The second-order valence-electron chi connectivity index (χ2n) is 15.8. The zero-order valence-electron chi connectivity index (χ0n) is 30.6. The van der Waals surface area contributed by atoms with Crippen LogP contribution in [0.25, 0.3) is 98.4 Å². The number of fused-ring (bicyclic) bond motifs is 14. The van der Waals surface area contributed by atoms with E-state index in [-0.39, 0.29) is 0 Å². The van der Waals surface area contributed by atoms with Crippen molar-refractivity contribution in [3.63, 3.8) is 0 Å². The predicted molar refractivity (Wildman–Crippen MR) is 224 cm³/mol. The van der Waals surface area contributed by atoms with Crippen molar-refractivity contribution in [3.05, 3.63) is 144 Å². The molecular formula is C50H40N2. The van der Waals surface area contributed by atoms with Gasteiger partial charge in [-0.25, -0.2) is 0 Å². The van der Waals surface area contributed by atoms with E-state index in [0.717, 1.165) is 0 Å². The number of aromatic nitrogens is 2. The van der Waals surface area contributed by atoms with Crippen molar-refractivity contribution in [3.8, 4) is 22.3 Å². The Morgan fingerprint density at radius 2 is 0.731 bits per heavy atom. The fourth-order valence-electron chi connectivity index (χ4n) is 9.57. The van der Waals surface area contributed by atoms with Gasteiger partial charge in [0.2, 0.25) is 0 Å². The minimum Gasteiger partial charge on any atom is -0.308 e. The summed E-state index contributed by atoms with van der Waals surface area (Å²) < 4.78 is 5.19. The third kappa shape index (κ3) is 3.74. The molecule has 0 bridgehead atoms. The zero-order chi connectivity index (χ0) is 35.2. The van der Waals surface area contributed by atoms with Gasteiger partial charge in [-0.2, -0.15) is 0 Å². The Kier molecular flexibility index (Phi) is 5.94. The highest BCUT2D eigenvalue weighted by atomic mass is 14.9. The predicted octanol–water partition coefficient (Wildman–Crippen LogP) is 14.2. The number of aryl methyl sites for hydroxylation is 2. The van der Waals surface area contributed by atoms with Gasteiger partial charge in [0.25, 0.3) is 0 Å². The monoisotopic (exact) mass is 668 g/mol. The topological polar surface area (TPSA) is 8.82 Å². The van der Waals surface area contributed by atoms with Crippen molar-refractivity contribution < 1.29 is 0 Å². The second-order valence-corrected chi connectivity index (χ2v) is 15.8. The lowest BCUT2D eigenvalue weighted by Gasteiger charge is -2.09. The lowest BCUT2D eigenvalue weighted by atomic mass is 9.93. The van der Waals surface area contributed by atoms with Gasteiger partial charge in [0.05, 0.1) is 33.1 Å². The highest BCUT2D eigenvalue weighted by molar-refractivity contribution is 6.45. The Morgan fingerprint density at radius 1 is 0.385 bits per heavy atom. The van der Waals surface area contributed by atoms with Crippen LogP contribution in [0.15, 0.2) is 121 Å². The fourth-order valence-corrected chi connectivity index (χ4v) is 9.57. The number of nitrogens with zero attached hydrogens (tertiary/aromatic N) is 2. The van der Waals surface area contributed by atoms with Crippen molar-refractivity contribution in [2.45, 2.75) is 53.4 Å². The van der Waals surface area contributed by atoms with Crippen LogP contribution in [0.4, 0.5) is 0 Å². The molecule has 0 aliphatic rings. The summed E-state index contributed by atoms with van der Waals surface area (Å²) >= 11 is 0. The average Bonchev–Trinajstić information content (AvgIpc) is 3.87. The third-order valence-electron chi connectivity index (χ3n) is 12.2. The molecule has 0 aliphatic carbocycles. The van der Waals surface area contributed by atoms with Gasteiger partial charge in [-0.1, -0.05) is 100 Å². The van der Waals surface area contributed by atoms with E-state index in [1.165, 1.54) is 121 Å². The molecule has 7 aromatic carbocycles. The summed E-state index contributed by atoms with van der Waals surface area (Å²) in [7, 11) is 0. The molecule has 4 aromatic heterocycles. The summed E-state index contributed by atoms with van der Waals surface area (Å²) in [4.78, 5) is 0. The van der Waals surface area contributed by atoms with Gasteiger partial charge in [-0.3, -0.25) is 0 Å². The van der Waals surface area contributed by atoms with E-state index in [0.29, 0.717) is 11.8 Å². The largest absolute Gasteiger partial charge is 0.308 e. The fraction of sp³-hybridized carbons (Fsp3) is 0.160. The summed E-state index contributed by atoms with van der Waals surface area (Å²) in [6, 6.07) is 46.4. The maximum atomic E-state index is 2.59. The van der Waals surface area contributed by atoms with Crippen LogP contribution < -0.4 is 0 Å². The van der Waals surface area contributed by atoms with E-state index < -0.39 is 0 Å². The zero-order valence-corrected chi connectivity index (χ0v) is 30.6. The van der Waals surface area contributed by atoms with Gasteiger partial charge < -0.3 is 8.80 Å². The van der Waals surface area contributed by atoms with Crippen LogP contribution in [0.3, 0.4) is 0 Å². The molecule has 11 rings (SSSR count). The normalized spacial score (nSPS) is 12.8. The smallest absolute Gasteiger partial charge is 0.0634 e. The maximum absolute atomic E-state index is 2.59. The van der Waals surface area contributed by atoms with Crippen LogP contribution in [0, 0.1) is 13.8 Å². The first-order valence-electron chi connectivity index (χ1n) is 18.8. The molecule has 0 amide bonds. The molecule has 0 aliphatic heterocycles. The average molecular weight is 669 g/mol.